The molecule has 1 aromatic carbocycles. The first-order valence-corrected chi connectivity index (χ1v) is 12.1. The zero-order valence-electron chi connectivity index (χ0n) is 20.9. The molecule has 0 saturated heterocycles. The molecule has 198 valence electrons. The summed E-state index contributed by atoms with van der Waals surface area (Å²) < 4.78 is 34.7. The molecule has 4 rings (SSSR count). The van der Waals surface area contributed by atoms with Gasteiger partial charge >= 0.3 is 6.68 Å². The summed E-state index contributed by atoms with van der Waals surface area (Å²) in [6.07, 6.45) is 10.7. The minimum Gasteiger partial charge on any atom is -0.493 e. The van der Waals surface area contributed by atoms with Crippen molar-refractivity contribution in [2.24, 2.45) is 28.5 Å². The van der Waals surface area contributed by atoms with Crippen molar-refractivity contribution < 1.29 is 27.5 Å². The second-order valence-corrected chi connectivity index (χ2v) is 9.11. The van der Waals surface area contributed by atoms with Gasteiger partial charge in [-0.15, -0.1) is 12.8 Å². The summed E-state index contributed by atoms with van der Waals surface area (Å²) in [5, 5.41) is 3.20. The van der Waals surface area contributed by atoms with Crippen molar-refractivity contribution >= 4 is 17.8 Å². The molecule has 3 unspecified atom stereocenters. The number of nitrogens with zero attached hydrogens (tertiary/aromatic N) is 2. The van der Waals surface area contributed by atoms with Crippen LogP contribution in [-0.2, 0) is 9.59 Å². The molecule has 1 saturated carbocycles. The number of carbonyl (C=O) groups is 2. The number of para-hydroxylation sites is 1. The Kier molecular flexibility index (Phi) is 10.2. The third-order valence-corrected chi connectivity index (χ3v) is 7.26. The number of ether oxygens (including phenoxy) is 1. The molecular formula is C26H35F3N4O3. The Hall–Kier alpha value is -3.22. The molecule has 0 radical (unpaired) electrons. The van der Waals surface area contributed by atoms with E-state index in [4.69, 9.17) is 10.5 Å². The van der Waals surface area contributed by atoms with Crippen LogP contribution >= 0.6 is 0 Å². The Morgan fingerprint density at radius 2 is 1.89 bits per heavy atom. The maximum atomic E-state index is 13.0. The van der Waals surface area contributed by atoms with Crippen LogP contribution in [0, 0.1) is 30.6 Å². The lowest BCUT2D eigenvalue weighted by Crippen LogP contribution is -2.52. The number of aliphatic imine (C=N–C) groups is 1. The van der Waals surface area contributed by atoms with Crippen molar-refractivity contribution in [1.82, 2.24) is 10.2 Å². The van der Waals surface area contributed by atoms with Crippen molar-refractivity contribution in [3.63, 3.8) is 0 Å². The number of hydrogen-bond donors (Lipinski definition) is 2. The van der Waals surface area contributed by atoms with Crippen LogP contribution in [0.2, 0.25) is 0 Å². The fraction of sp³-hybridized carbons (Fsp3) is 0.577. The van der Waals surface area contributed by atoms with Crippen LogP contribution < -0.4 is 15.8 Å². The van der Waals surface area contributed by atoms with Gasteiger partial charge in [-0.3, -0.25) is 14.5 Å². The van der Waals surface area contributed by atoms with Gasteiger partial charge in [0.25, 0.3) is 0 Å². The topological polar surface area (TPSA) is 97.0 Å². The molecule has 2 heterocycles. The maximum absolute atomic E-state index is 13.0. The summed E-state index contributed by atoms with van der Waals surface area (Å²) >= 11 is 0. The van der Waals surface area contributed by atoms with Crippen molar-refractivity contribution in [1.29, 1.82) is 0 Å². The quantitative estimate of drug-likeness (QED) is 0.567. The number of amides is 2. The largest absolute Gasteiger partial charge is 0.493 e. The molecule has 1 aliphatic carbocycles. The lowest BCUT2D eigenvalue weighted by Gasteiger charge is -2.36. The van der Waals surface area contributed by atoms with Gasteiger partial charge in [-0.25, -0.2) is 4.99 Å². The highest BCUT2D eigenvalue weighted by atomic mass is 19.4. The number of terminal acetylenes is 1. The fourth-order valence-electron chi connectivity index (χ4n) is 4.93. The normalized spacial score (nSPS) is 25.6. The third-order valence-electron chi connectivity index (χ3n) is 7.26. The van der Waals surface area contributed by atoms with Crippen LogP contribution in [-0.4, -0.2) is 48.0 Å². The Morgan fingerprint density at radius 1 is 1.28 bits per heavy atom. The van der Waals surface area contributed by atoms with Gasteiger partial charge in [-0.2, -0.15) is 13.2 Å². The molecule has 0 spiro atoms. The number of benzene rings is 1. The number of nitrogens with two attached hydrogens (primary N) is 1. The smallest absolute Gasteiger partial charge is 0.379 e. The van der Waals surface area contributed by atoms with Gasteiger partial charge in [0.05, 0.1) is 24.6 Å². The van der Waals surface area contributed by atoms with Crippen molar-refractivity contribution in [2.45, 2.75) is 64.7 Å². The third kappa shape index (κ3) is 6.71. The van der Waals surface area contributed by atoms with Gasteiger partial charge in [0.15, 0.2) is 5.96 Å². The maximum Gasteiger partial charge on any atom is 0.379 e. The van der Waals surface area contributed by atoms with Crippen LogP contribution in [0.25, 0.3) is 0 Å². The van der Waals surface area contributed by atoms with E-state index in [1.54, 1.807) is 4.90 Å². The Labute approximate surface area is 210 Å². The molecule has 1 fully saturated rings. The van der Waals surface area contributed by atoms with Crippen LogP contribution in [0.5, 0.6) is 5.75 Å². The number of guanidine groups is 1. The van der Waals surface area contributed by atoms with Crippen molar-refractivity contribution in [3.05, 3.63) is 29.8 Å². The predicted molar refractivity (Wildman–Crippen MR) is 132 cm³/mol. The molecule has 10 heteroatoms. The monoisotopic (exact) mass is 508 g/mol. The van der Waals surface area contributed by atoms with E-state index in [0.29, 0.717) is 25.5 Å². The molecule has 0 bridgehead atoms. The number of alkyl halides is 3. The summed E-state index contributed by atoms with van der Waals surface area (Å²) in [5.41, 5.74) is 6.84. The van der Waals surface area contributed by atoms with E-state index in [9.17, 15) is 22.8 Å². The standard InChI is InChI=1S/C23H32N4O3.C2H2.CHF3/c1-4-23(5-2)12-19(28)27(22(24)26-23)13-16-14(3)20(16)21(29)25-17-10-11-30-18-9-7-6-8-15(17)18;1-2;2-1(3)4/h6-9,14,16-17,20H,4-5,10-13H2,1-3H3,(H2,24,26)(H,25,29);1-2H;1H/t14?,16?,17-,20?;;/m0../s1. The second-order valence-electron chi connectivity index (χ2n) is 9.11. The van der Waals surface area contributed by atoms with Crippen LogP contribution in [0.15, 0.2) is 29.3 Å². The highest BCUT2D eigenvalue weighted by molar-refractivity contribution is 5.99. The molecular weight excluding hydrogens is 473 g/mol. The van der Waals surface area contributed by atoms with Gasteiger partial charge < -0.3 is 15.8 Å². The zero-order chi connectivity index (χ0) is 27.0. The molecule has 36 heavy (non-hydrogen) atoms. The Morgan fingerprint density at radius 3 is 2.47 bits per heavy atom. The number of nitrogens with one attached hydrogen (secondary N) is 1. The van der Waals surface area contributed by atoms with E-state index in [1.807, 2.05) is 38.1 Å². The number of hydrogen-bond acceptors (Lipinski definition) is 5. The summed E-state index contributed by atoms with van der Waals surface area (Å²) in [7, 11) is 0. The Balaban J connectivity index is 0.000000694. The lowest BCUT2D eigenvalue weighted by atomic mass is 9.88. The first kappa shape index (κ1) is 29.0. The number of fused-ring (bicyclic) bond motifs is 1. The van der Waals surface area contributed by atoms with Gasteiger partial charge in [0.1, 0.15) is 5.75 Å². The van der Waals surface area contributed by atoms with Gasteiger partial charge in [0.2, 0.25) is 11.8 Å². The van der Waals surface area contributed by atoms with Gasteiger partial charge in [-0.05, 0) is 30.7 Å². The minimum atomic E-state index is -3.67. The minimum absolute atomic E-state index is 0.0165. The fourth-order valence-corrected chi connectivity index (χ4v) is 4.93. The van der Waals surface area contributed by atoms with E-state index in [-0.39, 0.29) is 41.1 Å². The molecule has 3 N–H and O–H groups in total. The number of rotatable bonds is 6. The van der Waals surface area contributed by atoms with Crippen LogP contribution in [0.1, 0.15) is 58.1 Å². The summed E-state index contributed by atoms with van der Waals surface area (Å²) in [6.45, 7) is 3.54. The first-order chi connectivity index (χ1) is 17.1. The van der Waals surface area contributed by atoms with Crippen molar-refractivity contribution in [3.8, 4) is 18.6 Å². The van der Waals surface area contributed by atoms with Gasteiger partial charge in [0, 0.05) is 24.4 Å². The molecule has 0 aromatic heterocycles. The highest BCUT2D eigenvalue weighted by Gasteiger charge is 2.53. The average Bonchev–Trinajstić information content (AvgIpc) is 3.51. The van der Waals surface area contributed by atoms with Crippen molar-refractivity contribution in [2.75, 3.05) is 13.2 Å². The van der Waals surface area contributed by atoms with E-state index in [0.717, 1.165) is 30.6 Å². The van der Waals surface area contributed by atoms with E-state index in [2.05, 4.69) is 30.1 Å². The Bertz CT molecular complexity index is 962. The van der Waals surface area contributed by atoms with E-state index >= 15 is 0 Å². The molecule has 3 aliphatic rings. The molecule has 4 atom stereocenters. The summed E-state index contributed by atoms with van der Waals surface area (Å²) in [6, 6.07) is 7.81. The number of carbonyl (C=O) groups excluding carboxylic acids is 2. The highest BCUT2D eigenvalue weighted by Crippen LogP contribution is 2.47. The average molecular weight is 509 g/mol. The molecule has 2 amide bonds. The first-order valence-electron chi connectivity index (χ1n) is 12.1. The molecule has 7 nitrogen and oxygen atoms in total. The second kappa shape index (κ2) is 12.7. The molecule has 1 aromatic rings. The zero-order valence-corrected chi connectivity index (χ0v) is 20.9. The van der Waals surface area contributed by atoms with E-state index < -0.39 is 6.68 Å². The summed E-state index contributed by atoms with van der Waals surface area (Å²) in [4.78, 5) is 32.0. The van der Waals surface area contributed by atoms with Crippen LogP contribution in [0.4, 0.5) is 13.2 Å². The number of halogens is 3. The van der Waals surface area contributed by atoms with Crippen LogP contribution in [0.3, 0.4) is 0 Å². The molecule has 2 aliphatic heterocycles. The van der Waals surface area contributed by atoms with Gasteiger partial charge in [-0.1, -0.05) is 39.0 Å². The summed E-state index contributed by atoms with van der Waals surface area (Å²) in [5.74, 6) is 1.41. The van der Waals surface area contributed by atoms with E-state index in [1.165, 1.54) is 0 Å². The SMILES string of the molecule is C#C.CCC1(CC)CC(=O)N(CC2C(C)C2C(=O)N[C@H]2CCOc3ccccc32)C(N)=N1.FC(F)F. The lowest BCUT2D eigenvalue weighted by molar-refractivity contribution is -0.130. The predicted octanol–water partition coefficient (Wildman–Crippen LogP) is 4.04.